The van der Waals surface area contributed by atoms with Crippen molar-refractivity contribution >= 4 is 5.69 Å². The largest absolute Gasteiger partial charge is 0.389 e. The van der Waals surface area contributed by atoms with E-state index in [0.29, 0.717) is 11.1 Å². The van der Waals surface area contributed by atoms with Crippen LogP contribution in [0.1, 0.15) is 63.5 Å². The average molecular weight is 291 g/mol. The van der Waals surface area contributed by atoms with Crippen LogP contribution in [0.4, 0.5) is 10.1 Å². The molecule has 1 unspecified atom stereocenters. The molecule has 21 heavy (non-hydrogen) atoms. The van der Waals surface area contributed by atoms with E-state index in [1.54, 1.807) is 13.0 Å². The average Bonchev–Trinajstić information content (AvgIpc) is 2.49. The Hall–Kier alpha value is -1.09. The molecule has 0 aromatic heterocycles. The number of hydrogen-bond donors (Lipinski definition) is 1. The van der Waals surface area contributed by atoms with Gasteiger partial charge in [0.05, 0.1) is 11.8 Å². The van der Waals surface area contributed by atoms with Crippen LogP contribution in [0.15, 0.2) is 18.2 Å². The number of nitrogens with zero attached hydrogens (tertiary/aromatic N) is 1. The van der Waals surface area contributed by atoms with Crippen LogP contribution in [0.2, 0.25) is 0 Å². The second kappa shape index (κ2) is 5.96. The highest BCUT2D eigenvalue weighted by molar-refractivity contribution is 5.56. The van der Waals surface area contributed by atoms with E-state index >= 15 is 0 Å². The molecule has 1 N–H and O–H groups in total. The molecule has 1 atom stereocenters. The van der Waals surface area contributed by atoms with Crippen LogP contribution in [0, 0.1) is 11.2 Å². The van der Waals surface area contributed by atoms with Gasteiger partial charge in [-0.2, -0.15) is 0 Å². The molecule has 1 aliphatic carbocycles. The van der Waals surface area contributed by atoms with Crippen molar-refractivity contribution in [3.05, 3.63) is 29.6 Å². The lowest BCUT2D eigenvalue weighted by molar-refractivity contribution is 0.143. The van der Waals surface area contributed by atoms with Crippen LogP contribution >= 0.6 is 0 Å². The zero-order chi connectivity index (χ0) is 14.9. The summed E-state index contributed by atoms with van der Waals surface area (Å²) in [6, 6.07) is 5.04. The van der Waals surface area contributed by atoms with E-state index in [9.17, 15) is 9.50 Å². The Kier molecular flexibility index (Phi) is 4.21. The second-order valence-electron chi connectivity index (χ2n) is 6.90. The van der Waals surface area contributed by atoms with E-state index in [-0.39, 0.29) is 5.82 Å². The molecule has 1 aliphatic heterocycles. The maximum atomic E-state index is 14.3. The quantitative estimate of drug-likeness (QED) is 0.871. The summed E-state index contributed by atoms with van der Waals surface area (Å²) in [7, 11) is 0. The van der Waals surface area contributed by atoms with Gasteiger partial charge in [-0.05, 0) is 44.1 Å². The van der Waals surface area contributed by atoms with E-state index in [0.717, 1.165) is 18.7 Å². The highest BCUT2D eigenvalue weighted by Gasteiger charge is 2.36. The van der Waals surface area contributed by atoms with Gasteiger partial charge in [-0.15, -0.1) is 0 Å². The van der Waals surface area contributed by atoms with Crippen molar-refractivity contribution in [2.75, 3.05) is 18.0 Å². The van der Waals surface area contributed by atoms with Crippen molar-refractivity contribution < 1.29 is 9.50 Å². The molecule has 2 fully saturated rings. The molecule has 1 saturated heterocycles. The van der Waals surface area contributed by atoms with E-state index in [4.69, 9.17) is 0 Å². The molecule has 1 spiro atoms. The zero-order valence-electron chi connectivity index (χ0n) is 12.9. The summed E-state index contributed by atoms with van der Waals surface area (Å²) in [5, 5.41) is 9.91. The molecule has 3 heteroatoms. The number of aliphatic hydroxyl groups is 1. The van der Waals surface area contributed by atoms with Gasteiger partial charge in [0, 0.05) is 18.7 Å². The fourth-order valence-corrected chi connectivity index (χ4v) is 4.21. The first kappa shape index (κ1) is 14.8. The van der Waals surface area contributed by atoms with Gasteiger partial charge in [0.25, 0.3) is 0 Å². The van der Waals surface area contributed by atoms with E-state index in [1.165, 1.54) is 51.0 Å². The maximum Gasteiger partial charge on any atom is 0.146 e. The lowest BCUT2D eigenvalue weighted by Gasteiger charge is -2.45. The number of benzene rings is 1. The SMILES string of the molecule is CC(O)c1cccc(F)c1N1CCC2(CCCCC2)CC1. The van der Waals surface area contributed by atoms with Gasteiger partial charge in [-0.25, -0.2) is 4.39 Å². The Labute approximate surface area is 127 Å². The molecule has 2 nitrogen and oxygen atoms in total. The molecule has 0 radical (unpaired) electrons. The van der Waals surface area contributed by atoms with Gasteiger partial charge in [-0.3, -0.25) is 0 Å². The molecule has 0 amide bonds. The first-order valence-corrected chi connectivity index (χ1v) is 8.33. The summed E-state index contributed by atoms with van der Waals surface area (Å²) >= 11 is 0. The summed E-state index contributed by atoms with van der Waals surface area (Å²) in [6.45, 7) is 3.55. The van der Waals surface area contributed by atoms with Crippen molar-refractivity contribution in [2.24, 2.45) is 5.41 Å². The van der Waals surface area contributed by atoms with Crippen molar-refractivity contribution in [3.63, 3.8) is 0 Å². The minimum atomic E-state index is -0.624. The minimum absolute atomic E-state index is 0.201. The molecule has 1 aromatic carbocycles. The highest BCUT2D eigenvalue weighted by atomic mass is 19.1. The predicted molar refractivity (Wildman–Crippen MR) is 84.0 cm³/mol. The summed E-state index contributed by atoms with van der Waals surface area (Å²) in [6.07, 6.45) is 8.51. The maximum absolute atomic E-state index is 14.3. The molecular formula is C18H26FNO. The standard InChI is InChI=1S/C18H26FNO/c1-14(21)15-6-5-7-16(19)17(15)20-12-10-18(11-13-20)8-3-2-4-9-18/h5-7,14,21H,2-4,8-13H2,1H3. The molecular weight excluding hydrogens is 265 g/mol. The van der Waals surface area contributed by atoms with Gasteiger partial charge >= 0.3 is 0 Å². The van der Waals surface area contributed by atoms with E-state index in [1.807, 2.05) is 6.07 Å². The Balaban J connectivity index is 1.78. The number of aliphatic hydroxyl groups excluding tert-OH is 1. The smallest absolute Gasteiger partial charge is 0.146 e. The van der Waals surface area contributed by atoms with Crippen LogP contribution in [0.3, 0.4) is 0 Å². The third-order valence-corrected chi connectivity index (χ3v) is 5.52. The van der Waals surface area contributed by atoms with Crippen LogP contribution < -0.4 is 4.90 Å². The Bertz CT molecular complexity index is 484. The predicted octanol–water partition coefficient (Wildman–Crippen LogP) is 4.43. The molecule has 1 heterocycles. The van der Waals surface area contributed by atoms with E-state index < -0.39 is 6.10 Å². The number of anilines is 1. The van der Waals surface area contributed by atoms with Crippen molar-refractivity contribution in [2.45, 2.75) is 58.0 Å². The zero-order valence-corrected chi connectivity index (χ0v) is 12.9. The van der Waals surface area contributed by atoms with Crippen molar-refractivity contribution in [3.8, 4) is 0 Å². The third-order valence-electron chi connectivity index (χ3n) is 5.52. The molecule has 1 aromatic rings. The van der Waals surface area contributed by atoms with Crippen LogP contribution in [-0.2, 0) is 0 Å². The van der Waals surface area contributed by atoms with Crippen molar-refractivity contribution in [1.82, 2.24) is 0 Å². The molecule has 0 bridgehead atoms. The lowest BCUT2D eigenvalue weighted by atomic mass is 9.68. The minimum Gasteiger partial charge on any atom is -0.389 e. The fourth-order valence-electron chi connectivity index (χ4n) is 4.21. The van der Waals surface area contributed by atoms with Crippen LogP contribution in [0.5, 0.6) is 0 Å². The topological polar surface area (TPSA) is 23.5 Å². The van der Waals surface area contributed by atoms with Gasteiger partial charge in [-0.1, -0.05) is 31.4 Å². The van der Waals surface area contributed by atoms with Crippen LogP contribution in [-0.4, -0.2) is 18.2 Å². The normalized spacial score (nSPS) is 23.3. The number of piperidine rings is 1. The first-order valence-electron chi connectivity index (χ1n) is 8.33. The lowest BCUT2D eigenvalue weighted by Crippen LogP contribution is -2.41. The van der Waals surface area contributed by atoms with E-state index in [2.05, 4.69) is 4.90 Å². The highest BCUT2D eigenvalue weighted by Crippen LogP contribution is 2.45. The molecule has 116 valence electrons. The number of hydrogen-bond acceptors (Lipinski definition) is 2. The fraction of sp³-hybridized carbons (Fsp3) is 0.667. The number of halogens is 1. The molecule has 2 aliphatic rings. The Morgan fingerprint density at radius 1 is 1.10 bits per heavy atom. The monoisotopic (exact) mass is 291 g/mol. The van der Waals surface area contributed by atoms with Crippen LogP contribution in [0.25, 0.3) is 0 Å². The van der Waals surface area contributed by atoms with Crippen molar-refractivity contribution in [1.29, 1.82) is 0 Å². The first-order chi connectivity index (χ1) is 10.1. The van der Waals surface area contributed by atoms with Gasteiger partial charge in [0.1, 0.15) is 5.82 Å². The molecule has 3 rings (SSSR count). The Morgan fingerprint density at radius 2 is 1.76 bits per heavy atom. The summed E-state index contributed by atoms with van der Waals surface area (Å²) < 4.78 is 14.3. The third kappa shape index (κ3) is 2.94. The number of para-hydroxylation sites is 1. The summed E-state index contributed by atoms with van der Waals surface area (Å²) in [4.78, 5) is 2.15. The molecule has 1 saturated carbocycles. The second-order valence-corrected chi connectivity index (χ2v) is 6.90. The summed E-state index contributed by atoms with van der Waals surface area (Å²) in [5.74, 6) is -0.201. The van der Waals surface area contributed by atoms with Gasteiger partial charge < -0.3 is 10.0 Å². The Morgan fingerprint density at radius 3 is 2.38 bits per heavy atom. The summed E-state index contributed by atoms with van der Waals surface area (Å²) in [5.41, 5.74) is 1.86. The van der Waals surface area contributed by atoms with Gasteiger partial charge in [0.15, 0.2) is 0 Å². The number of rotatable bonds is 2. The van der Waals surface area contributed by atoms with Gasteiger partial charge in [0.2, 0.25) is 0 Å².